The first kappa shape index (κ1) is 17.0. The predicted octanol–water partition coefficient (Wildman–Crippen LogP) is 3.39. The van der Waals surface area contributed by atoms with E-state index in [1.165, 1.54) is 11.3 Å². The van der Waals surface area contributed by atoms with Crippen LogP contribution in [0.5, 0.6) is 0 Å². The number of aryl methyl sites for hydroxylation is 1. The van der Waals surface area contributed by atoms with Crippen molar-refractivity contribution in [2.75, 3.05) is 20.1 Å². The standard InChI is InChI=1S/C17H19ClN4OS/c1-11-14-10-15(16(23)20-9-3-8-19-2)24-17(14)22(21-11)13-6-4-12(18)5-7-13/h4-7,10,19H,3,8-9H2,1-2H3,(H,20,23). The van der Waals surface area contributed by atoms with E-state index in [-0.39, 0.29) is 5.91 Å². The van der Waals surface area contributed by atoms with E-state index in [9.17, 15) is 4.79 Å². The van der Waals surface area contributed by atoms with Crippen LogP contribution in [0.4, 0.5) is 0 Å². The van der Waals surface area contributed by atoms with Gasteiger partial charge in [0.05, 0.1) is 16.3 Å². The van der Waals surface area contributed by atoms with Crippen molar-refractivity contribution in [3.63, 3.8) is 0 Å². The average Bonchev–Trinajstić information content (AvgIpc) is 3.13. The van der Waals surface area contributed by atoms with Crippen LogP contribution >= 0.6 is 22.9 Å². The maximum atomic E-state index is 12.3. The first-order chi connectivity index (χ1) is 11.6. The molecule has 0 spiro atoms. The van der Waals surface area contributed by atoms with Gasteiger partial charge in [0.15, 0.2) is 0 Å². The van der Waals surface area contributed by atoms with Crippen LogP contribution in [-0.2, 0) is 0 Å². The Labute approximate surface area is 149 Å². The third-order valence-electron chi connectivity index (χ3n) is 3.73. The molecule has 1 amide bonds. The Bertz CT molecular complexity index is 853. The quantitative estimate of drug-likeness (QED) is 0.661. The fourth-order valence-corrected chi connectivity index (χ4v) is 3.70. The van der Waals surface area contributed by atoms with Crippen molar-refractivity contribution in [1.82, 2.24) is 20.4 Å². The molecule has 7 heteroatoms. The van der Waals surface area contributed by atoms with E-state index < -0.39 is 0 Å². The Balaban J connectivity index is 1.87. The van der Waals surface area contributed by atoms with Gasteiger partial charge in [0.1, 0.15) is 4.83 Å². The number of carbonyl (C=O) groups excluding carboxylic acids is 1. The first-order valence-corrected chi connectivity index (χ1v) is 8.97. The zero-order chi connectivity index (χ0) is 17.1. The van der Waals surface area contributed by atoms with Crippen LogP contribution < -0.4 is 10.6 Å². The molecule has 2 aromatic heterocycles. The molecule has 5 nitrogen and oxygen atoms in total. The molecule has 3 aromatic rings. The van der Waals surface area contributed by atoms with Gasteiger partial charge >= 0.3 is 0 Å². The van der Waals surface area contributed by atoms with Crippen molar-refractivity contribution in [2.45, 2.75) is 13.3 Å². The number of aromatic nitrogens is 2. The lowest BCUT2D eigenvalue weighted by Gasteiger charge is -2.03. The highest BCUT2D eigenvalue weighted by Gasteiger charge is 2.16. The second-order valence-corrected chi connectivity index (χ2v) is 6.98. The fourth-order valence-electron chi connectivity index (χ4n) is 2.47. The number of hydrogen-bond donors (Lipinski definition) is 2. The van der Waals surface area contributed by atoms with Crippen molar-refractivity contribution in [2.24, 2.45) is 0 Å². The molecule has 0 unspecified atom stereocenters. The lowest BCUT2D eigenvalue weighted by molar-refractivity contribution is 0.0957. The van der Waals surface area contributed by atoms with Crippen LogP contribution in [-0.4, -0.2) is 35.8 Å². The Hall–Kier alpha value is -1.89. The summed E-state index contributed by atoms with van der Waals surface area (Å²) in [6.45, 7) is 3.50. The van der Waals surface area contributed by atoms with E-state index >= 15 is 0 Å². The Morgan fingerprint density at radius 2 is 2.04 bits per heavy atom. The monoisotopic (exact) mass is 362 g/mol. The van der Waals surface area contributed by atoms with E-state index in [0.29, 0.717) is 16.4 Å². The molecule has 3 rings (SSSR count). The van der Waals surface area contributed by atoms with Gasteiger partial charge in [-0.3, -0.25) is 4.79 Å². The first-order valence-electron chi connectivity index (χ1n) is 7.78. The van der Waals surface area contributed by atoms with Gasteiger partial charge < -0.3 is 10.6 Å². The van der Waals surface area contributed by atoms with Crippen molar-refractivity contribution in [3.8, 4) is 5.69 Å². The van der Waals surface area contributed by atoms with Gasteiger partial charge in [0.2, 0.25) is 0 Å². The summed E-state index contributed by atoms with van der Waals surface area (Å²) < 4.78 is 1.86. The van der Waals surface area contributed by atoms with E-state index in [2.05, 4.69) is 15.7 Å². The number of fused-ring (bicyclic) bond motifs is 1. The number of nitrogens with zero attached hydrogens (tertiary/aromatic N) is 2. The number of rotatable bonds is 6. The van der Waals surface area contributed by atoms with Gasteiger partial charge in [0, 0.05) is 17.0 Å². The topological polar surface area (TPSA) is 58.9 Å². The summed E-state index contributed by atoms with van der Waals surface area (Å²) in [5.41, 5.74) is 1.84. The molecule has 0 atom stereocenters. The number of halogens is 1. The molecule has 1 aromatic carbocycles. The van der Waals surface area contributed by atoms with Gasteiger partial charge in [0.25, 0.3) is 5.91 Å². The van der Waals surface area contributed by atoms with Crippen molar-refractivity contribution in [3.05, 3.63) is 45.9 Å². The summed E-state index contributed by atoms with van der Waals surface area (Å²) in [7, 11) is 1.90. The minimum atomic E-state index is -0.0330. The maximum Gasteiger partial charge on any atom is 0.261 e. The van der Waals surface area contributed by atoms with E-state index in [4.69, 9.17) is 11.6 Å². The summed E-state index contributed by atoms with van der Waals surface area (Å²) >= 11 is 7.41. The summed E-state index contributed by atoms with van der Waals surface area (Å²) in [5.74, 6) is -0.0330. The van der Waals surface area contributed by atoms with Gasteiger partial charge in [-0.05, 0) is 57.3 Å². The molecule has 2 heterocycles. The summed E-state index contributed by atoms with van der Waals surface area (Å²) in [5, 5.41) is 12.3. The Kier molecular flexibility index (Phi) is 5.18. The Morgan fingerprint density at radius 1 is 1.29 bits per heavy atom. The largest absolute Gasteiger partial charge is 0.351 e. The lowest BCUT2D eigenvalue weighted by atomic mass is 10.3. The number of thiophene rings is 1. The minimum Gasteiger partial charge on any atom is -0.351 e. The second-order valence-electron chi connectivity index (χ2n) is 5.52. The lowest BCUT2D eigenvalue weighted by Crippen LogP contribution is -2.25. The molecular formula is C17H19ClN4OS. The molecule has 0 fully saturated rings. The third kappa shape index (κ3) is 3.45. The molecule has 0 aliphatic carbocycles. The van der Waals surface area contributed by atoms with Gasteiger partial charge in [-0.15, -0.1) is 11.3 Å². The Morgan fingerprint density at radius 3 is 2.75 bits per heavy atom. The third-order valence-corrected chi connectivity index (χ3v) is 5.09. The molecule has 0 radical (unpaired) electrons. The highest BCUT2D eigenvalue weighted by molar-refractivity contribution is 7.20. The maximum absolute atomic E-state index is 12.3. The molecule has 0 bridgehead atoms. The number of carbonyl (C=O) groups is 1. The molecule has 126 valence electrons. The normalized spacial score (nSPS) is 11.1. The van der Waals surface area contributed by atoms with Crippen molar-refractivity contribution >= 4 is 39.1 Å². The highest BCUT2D eigenvalue weighted by Crippen LogP contribution is 2.30. The summed E-state index contributed by atoms with van der Waals surface area (Å²) in [6.07, 6.45) is 0.907. The van der Waals surface area contributed by atoms with Crippen LogP contribution in [0, 0.1) is 6.92 Å². The van der Waals surface area contributed by atoms with E-state index in [0.717, 1.165) is 34.6 Å². The fraction of sp³-hybridized carbons (Fsp3) is 0.294. The average molecular weight is 363 g/mol. The molecule has 0 aliphatic heterocycles. The van der Waals surface area contributed by atoms with Crippen LogP contribution in [0.15, 0.2) is 30.3 Å². The van der Waals surface area contributed by atoms with Gasteiger partial charge in [-0.1, -0.05) is 11.6 Å². The zero-order valence-corrected chi connectivity index (χ0v) is 15.2. The molecule has 0 saturated heterocycles. The summed E-state index contributed by atoms with van der Waals surface area (Å²) in [6, 6.07) is 9.43. The minimum absolute atomic E-state index is 0.0330. The van der Waals surface area contributed by atoms with Crippen molar-refractivity contribution < 1.29 is 4.79 Å². The molecule has 0 aliphatic rings. The van der Waals surface area contributed by atoms with Crippen LogP contribution in [0.2, 0.25) is 5.02 Å². The number of amides is 1. The molecule has 2 N–H and O–H groups in total. The zero-order valence-electron chi connectivity index (χ0n) is 13.6. The number of hydrogen-bond acceptors (Lipinski definition) is 4. The SMILES string of the molecule is CNCCCNC(=O)c1cc2c(C)nn(-c3ccc(Cl)cc3)c2s1. The number of benzene rings is 1. The van der Waals surface area contributed by atoms with Crippen LogP contribution in [0.25, 0.3) is 15.9 Å². The van der Waals surface area contributed by atoms with Gasteiger partial charge in [-0.25, -0.2) is 4.68 Å². The second kappa shape index (κ2) is 7.34. The highest BCUT2D eigenvalue weighted by atomic mass is 35.5. The van der Waals surface area contributed by atoms with E-state index in [1.54, 1.807) is 0 Å². The predicted molar refractivity (Wildman–Crippen MR) is 99.6 cm³/mol. The molecular weight excluding hydrogens is 344 g/mol. The molecule has 24 heavy (non-hydrogen) atoms. The van der Waals surface area contributed by atoms with Crippen LogP contribution in [0.3, 0.4) is 0 Å². The summed E-state index contributed by atoms with van der Waals surface area (Å²) in [4.78, 5) is 14.0. The van der Waals surface area contributed by atoms with Crippen molar-refractivity contribution in [1.29, 1.82) is 0 Å². The smallest absolute Gasteiger partial charge is 0.261 e. The van der Waals surface area contributed by atoms with E-state index in [1.807, 2.05) is 49.0 Å². The molecule has 0 saturated carbocycles. The number of nitrogens with one attached hydrogen (secondary N) is 2. The van der Waals surface area contributed by atoms with Crippen LogP contribution in [0.1, 0.15) is 21.8 Å². The van der Waals surface area contributed by atoms with Gasteiger partial charge in [-0.2, -0.15) is 5.10 Å².